The maximum Gasteiger partial charge on any atom is 0.269 e. The van der Waals surface area contributed by atoms with Crippen LogP contribution in [0.15, 0.2) is 48.8 Å². The van der Waals surface area contributed by atoms with E-state index in [-0.39, 0.29) is 11.6 Å². The molecule has 0 bridgehead atoms. The van der Waals surface area contributed by atoms with Crippen LogP contribution in [-0.2, 0) is 0 Å². The van der Waals surface area contributed by atoms with Crippen LogP contribution in [-0.4, -0.2) is 20.8 Å². The number of benzene rings is 2. The normalized spacial score (nSPS) is 10.5. The average Bonchev–Trinajstić information content (AvgIpc) is 2.95. The van der Waals surface area contributed by atoms with Crippen molar-refractivity contribution in [2.45, 2.75) is 0 Å². The average molecular weight is 282 g/mol. The van der Waals surface area contributed by atoms with Crippen molar-refractivity contribution in [1.82, 2.24) is 9.97 Å². The van der Waals surface area contributed by atoms with E-state index in [9.17, 15) is 14.9 Å². The summed E-state index contributed by atoms with van der Waals surface area (Å²) in [4.78, 5) is 29.2. The number of amides is 1. The van der Waals surface area contributed by atoms with Crippen molar-refractivity contribution in [2.75, 3.05) is 5.32 Å². The molecule has 0 aliphatic carbocycles. The van der Waals surface area contributed by atoms with Gasteiger partial charge in [-0.05, 0) is 30.3 Å². The van der Waals surface area contributed by atoms with Gasteiger partial charge in [0.25, 0.3) is 11.6 Å². The second kappa shape index (κ2) is 5.04. The number of nitro groups is 1. The summed E-state index contributed by atoms with van der Waals surface area (Å²) >= 11 is 0. The Morgan fingerprint density at radius 1 is 1.19 bits per heavy atom. The first-order chi connectivity index (χ1) is 10.1. The molecule has 21 heavy (non-hydrogen) atoms. The van der Waals surface area contributed by atoms with Crippen molar-refractivity contribution in [3.63, 3.8) is 0 Å². The van der Waals surface area contributed by atoms with Crippen LogP contribution in [0.4, 0.5) is 11.4 Å². The number of aromatic nitrogens is 2. The Kier molecular flexibility index (Phi) is 3.07. The Hall–Kier alpha value is -3.22. The van der Waals surface area contributed by atoms with Gasteiger partial charge in [0, 0.05) is 23.4 Å². The zero-order valence-electron chi connectivity index (χ0n) is 10.7. The summed E-state index contributed by atoms with van der Waals surface area (Å²) in [5.74, 6) is -0.330. The number of non-ortho nitro benzene ring substituents is 1. The maximum atomic E-state index is 12.1. The number of hydrogen-bond acceptors (Lipinski definition) is 4. The van der Waals surface area contributed by atoms with Gasteiger partial charge in [-0.15, -0.1) is 0 Å². The van der Waals surface area contributed by atoms with E-state index in [1.165, 1.54) is 24.3 Å². The fraction of sp³-hybridized carbons (Fsp3) is 0. The van der Waals surface area contributed by atoms with Gasteiger partial charge in [-0.1, -0.05) is 0 Å². The molecule has 3 aromatic rings. The van der Waals surface area contributed by atoms with Crippen molar-refractivity contribution in [1.29, 1.82) is 0 Å². The number of imidazole rings is 1. The van der Waals surface area contributed by atoms with Crippen molar-refractivity contribution < 1.29 is 9.72 Å². The van der Waals surface area contributed by atoms with Gasteiger partial charge in [-0.3, -0.25) is 14.9 Å². The zero-order chi connectivity index (χ0) is 14.8. The molecule has 104 valence electrons. The summed E-state index contributed by atoms with van der Waals surface area (Å²) in [6.45, 7) is 0. The van der Waals surface area contributed by atoms with E-state index in [2.05, 4.69) is 15.3 Å². The molecule has 0 radical (unpaired) electrons. The molecular weight excluding hydrogens is 272 g/mol. The zero-order valence-corrected chi connectivity index (χ0v) is 10.7. The first kappa shape index (κ1) is 12.8. The number of carbonyl (C=O) groups excluding carboxylic acids is 1. The molecule has 0 unspecified atom stereocenters. The molecule has 0 saturated carbocycles. The van der Waals surface area contributed by atoms with Gasteiger partial charge >= 0.3 is 0 Å². The molecule has 0 aliphatic rings. The van der Waals surface area contributed by atoms with Gasteiger partial charge in [-0.2, -0.15) is 0 Å². The summed E-state index contributed by atoms with van der Waals surface area (Å²) in [6.07, 6.45) is 1.58. The fourth-order valence-electron chi connectivity index (χ4n) is 1.95. The molecular formula is C14H10N4O3. The van der Waals surface area contributed by atoms with Crippen molar-refractivity contribution in [3.05, 3.63) is 64.5 Å². The standard InChI is InChI=1S/C14H10N4O3/c19-14(9-1-4-11(5-2-9)18(20)21)17-10-3-6-12-13(7-10)16-8-15-12/h1-8H,(H,15,16)(H,17,19). The van der Waals surface area contributed by atoms with Crippen molar-refractivity contribution >= 4 is 28.3 Å². The molecule has 2 aromatic carbocycles. The van der Waals surface area contributed by atoms with E-state index in [4.69, 9.17) is 0 Å². The van der Waals surface area contributed by atoms with E-state index in [1.54, 1.807) is 24.5 Å². The Morgan fingerprint density at radius 2 is 1.95 bits per heavy atom. The second-order valence-electron chi connectivity index (χ2n) is 4.39. The molecule has 0 atom stereocenters. The highest BCUT2D eigenvalue weighted by Crippen LogP contribution is 2.17. The van der Waals surface area contributed by atoms with Crippen molar-refractivity contribution in [2.24, 2.45) is 0 Å². The van der Waals surface area contributed by atoms with Gasteiger partial charge in [0.15, 0.2) is 0 Å². The molecule has 7 heteroatoms. The number of rotatable bonds is 3. The van der Waals surface area contributed by atoms with Gasteiger partial charge < -0.3 is 10.3 Å². The van der Waals surface area contributed by atoms with Gasteiger partial charge in [0.2, 0.25) is 0 Å². The third-order valence-electron chi connectivity index (χ3n) is 3.02. The second-order valence-corrected chi connectivity index (χ2v) is 4.39. The molecule has 0 aliphatic heterocycles. The maximum absolute atomic E-state index is 12.1. The van der Waals surface area contributed by atoms with Gasteiger partial charge in [0.1, 0.15) is 0 Å². The molecule has 1 heterocycles. The van der Waals surface area contributed by atoms with Crippen LogP contribution in [0.25, 0.3) is 11.0 Å². The van der Waals surface area contributed by atoms with Crippen LogP contribution < -0.4 is 5.32 Å². The summed E-state index contributed by atoms with van der Waals surface area (Å²) in [7, 11) is 0. The number of nitro benzene ring substituents is 1. The molecule has 3 rings (SSSR count). The Balaban J connectivity index is 1.80. The lowest BCUT2D eigenvalue weighted by Crippen LogP contribution is -2.11. The number of aromatic amines is 1. The number of anilines is 1. The quantitative estimate of drug-likeness (QED) is 0.569. The monoisotopic (exact) mass is 282 g/mol. The molecule has 1 amide bonds. The first-order valence-corrected chi connectivity index (χ1v) is 6.12. The highest BCUT2D eigenvalue weighted by molar-refractivity contribution is 6.05. The smallest absolute Gasteiger partial charge is 0.269 e. The van der Waals surface area contributed by atoms with Crippen LogP contribution >= 0.6 is 0 Å². The predicted molar refractivity (Wildman–Crippen MR) is 77.1 cm³/mol. The van der Waals surface area contributed by atoms with E-state index in [1.807, 2.05) is 0 Å². The SMILES string of the molecule is O=C(Nc1ccc2nc[nH]c2c1)c1ccc([N+](=O)[O-])cc1. The number of nitrogens with zero attached hydrogens (tertiary/aromatic N) is 2. The lowest BCUT2D eigenvalue weighted by Gasteiger charge is -2.05. The molecule has 7 nitrogen and oxygen atoms in total. The topological polar surface area (TPSA) is 101 Å². The lowest BCUT2D eigenvalue weighted by molar-refractivity contribution is -0.384. The van der Waals surface area contributed by atoms with E-state index in [0.29, 0.717) is 11.3 Å². The minimum Gasteiger partial charge on any atom is -0.345 e. The molecule has 0 saturated heterocycles. The van der Waals surface area contributed by atoms with Crippen LogP contribution in [0.5, 0.6) is 0 Å². The van der Waals surface area contributed by atoms with Gasteiger partial charge in [0.05, 0.1) is 22.3 Å². The number of nitrogens with one attached hydrogen (secondary N) is 2. The van der Waals surface area contributed by atoms with Crippen molar-refractivity contribution in [3.8, 4) is 0 Å². The molecule has 0 spiro atoms. The number of hydrogen-bond donors (Lipinski definition) is 2. The Labute approximate surface area is 118 Å². The van der Waals surface area contributed by atoms with Crippen LogP contribution in [0, 0.1) is 10.1 Å². The van der Waals surface area contributed by atoms with E-state index < -0.39 is 4.92 Å². The Bertz CT molecular complexity index is 824. The minimum absolute atomic E-state index is 0.0505. The predicted octanol–water partition coefficient (Wildman–Crippen LogP) is 2.72. The Morgan fingerprint density at radius 3 is 2.67 bits per heavy atom. The molecule has 1 aromatic heterocycles. The highest BCUT2D eigenvalue weighted by Gasteiger charge is 2.10. The molecule has 2 N–H and O–H groups in total. The summed E-state index contributed by atoms with van der Waals surface area (Å²) in [5, 5.41) is 13.3. The van der Waals surface area contributed by atoms with Crippen LogP contribution in [0.3, 0.4) is 0 Å². The number of H-pyrrole nitrogens is 1. The summed E-state index contributed by atoms with van der Waals surface area (Å²) in [5.41, 5.74) is 2.55. The van der Waals surface area contributed by atoms with Crippen LogP contribution in [0.2, 0.25) is 0 Å². The third-order valence-corrected chi connectivity index (χ3v) is 3.02. The summed E-state index contributed by atoms with van der Waals surface area (Å²) in [6, 6.07) is 10.7. The number of fused-ring (bicyclic) bond motifs is 1. The first-order valence-electron chi connectivity index (χ1n) is 6.12. The fourth-order valence-corrected chi connectivity index (χ4v) is 1.95. The molecule has 0 fully saturated rings. The van der Waals surface area contributed by atoms with Crippen LogP contribution in [0.1, 0.15) is 10.4 Å². The largest absolute Gasteiger partial charge is 0.345 e. The third kappa shape index (κ3) is 2.57. The minimum atomic E-state index is -0.506. The summed E-state index contributed by atoms with van der Waals surface area (Å²) < 4.78 is 0. The lowest BCUT2D eigenvalue weighted by atomic mass is 10.2. The van der Waals surface area contributed by atoms with Gasteiger partial charge in [-0.25, -0.2) is 4.98 Å². The highest BCUT2D eigenvalue weighted by atomic mass is 16.6. The van der Waals surface area contributed by atoms with E-state index >= 15 is 0 Å². The number of carbonyl (C=O) groups is 1. The van der Waals surface area contributed by atoms with E-state index in [0.717, 1.165) is 11.0 Å².